The molecule has 1 fully saturated rings. The lowest BCUT2D eigenvalue weighted by Crippen LogP contribution is -2.45. The first kappa shape index (κ1) is 20.7. The second-order valence-electron chi connectivity index (χ2n) is 9.35. The van der Waals surface area contributed by atoms with Crippen LogP contribution in [0.5, 0.6) is 0 Å². The predicted molar refractivity (Wildman–Crippen MR) is 107 cm³/mol. The van der Waals surface area contributed by atoms with Crippen LogP contribution >= 0.6 is 0 Å². The minimum absolute atomic E-state index is 0.0538. The molecule has 0 spiro atoms. The fourth-order valence-corrected chi connectivity index (χ4v) is 3.79. The van der Waals surface area contributed by atoms with Gasteiger partial charge in [-0.15, -0.1) is 0 Å². The maximum Gasteiger partial charge on any atom is 0.229 e. The highest BCUT2D eigenvalue weighted by atomic mass is 16.2. The van der Waals surface area contributed by atoms with Crippen molar-refractivity contribution in [3.63, 3.8) is 0 Å². The number of ketones is 1. The summed E-state index contributed by atoms with van der Waals surface area (Å²) in [5.74, 6) is 0.224. The van der Waals surface area contributed by atoms with Crippen LogP contribution in [-0.2, 0) is 16.1 Å². The molecule has 1 aliphatic carbocycles. The van der Waals surface area contributed by atoms with Gasteiger partial charge in [0.15, 0.2) is 5.78 Å². The molecule has 1 aromatic rings. The molecule has 144 valence electrons. The summed E-state index contributed by atoms with van der Waals surface area (Å²) in [5, 5.41) is 0. The number of amides is 1. The van der Waals surface area contributed by atoms with Crippen LogP contribution in [0.25, 0.3) is 0 Å². The van der Waals surface area contributed by atoms with Gasteiger partial charge in [-0.05, 0) is 36.7 Å². The Hall–Kier alpha value is -1.64. The molecule has 0 N–H and O–H groups in total. The number of carbonyl (C=O) groups is 2. The van der Waals surface area contributed by atoms with E-state index < -0.39 is 0 Å². The molecule has 0 heterocycles. The molecule has 0 radical (unpaired) electrons. The van der Waals surface area contributed by atoms with Crippen LogP contribution in [0.4, 0.5) is 0 Å². The summed E-state index contributed by atoms with van der Waals surface area (Å²) in [6.45, 7) is 11.2. The van der Waals surface area contributed by atoms with Gasteiger partial charge in [-0.1, -0.05) is 71.4 Å². The van der Waals surface area contributed by atoms with Crippen molar-refractivity contribution in [3.05, 3.63) is 35.9 Å². The Morgan fingerprint density at radius 3 is 2.27 bits per heavy atom. The summed E-state index contributed by atoms with van der Waals surface area (Å²) in [7, 11) is 0. The van der Waals surface area contributed by atoms with E-state index >= 15 is 0 Å². The smallest absolute Gasteiger partial charge is 0.229 e. The molecule has 3 nitrogen and oxygen atoms in total. The number of carbonyl (C=O) groups excluding carboxylic acids is 2. The molecule has 0 aliphatic heterocycles. The van der Waals surface area contributed by atoms with E-state index in [0.717, 1.165) is 31.2 Å². The van der Waals surface area contributed by atoms with Gasteiger partial charge in [-0.3, -0.25) is 9.59 Å². The zero-order valence-corrected chi connectivity index (χ0v) is 17.2. The maximum atomic E-state index is 13.5. The monoisotopic (exact) mass is 357 g/mol. The van der Waals surface area contributed by atoms with E-state index in [2.05, 4.69) is 20.8 Å². The van der Waals surface area contributed by atoms with Crippen LogP contribution in [0.3, 0.4) is 0 Å². The van der Waals surface area contributed by atoms with E-state index in [0.29, 0.717) is 12.0 Å². The summed E-state index contributed by atoms with van der Waals surface area (Å²) in [5.41, 5.74) is 1.02. The zero-order chi connectivity index (χ0) is 19.4. The molecule has 1 saturated carbocycles. The van der Waals surface area contributed by atoms with Crippen LogP contribution in [0, 0.1) is 16.7 Å². The first-order valence-corrected chi connectivity index (χ1v) is 9.99. The van der Waals surface area contributed by atoms with Gasteiger partial charge < -0.3 is 4.90 Å². The lowest BCUT2D eigenvalue weighted by atomic mass is 9.78. The SMILES string of the molecule is CC(C)C(=O)CN(Cc1ccccc1)C(=O)C1(C)CCCC(C)(C)CC1. The van der Waals surface area contributed by atoms with Crippen LogP contribution in [-0.4, -0.2) is 23.1 Å². The average Bonchev–Trinajstić information content (AvgIpc) is 2.73. The van der Waals surface area contributed by atoms with Gasteiger partial charge in [0.2, 0.25) is 5.91 Å². The number of nitrogens with zero attached hydrogens (tertiary/aromatic N) is 1. The van der Waals surface area contributed by atoms with Gasteiger partial charge in [0.25, 0.3) is 0 Å². The fraction of sp³-hybridized carbons (Fsp3) is 0.652. The molecule has 1 aliphatic rings. The molecule has 26 heavy (non-hydrogen) atoms. The van der Waals surface area contributed by atoms with Crippen molar-refractivity contribution in [2.24, 2.45) is 16.7 Å². The van der Waals surface area contributed by atoms with E-state index in [1.165, 1.54) is 6.42 Å². The molecule has 0 saturated heterocycles. The first-order valence-electron chi connectivity index (χ1n) is 9.99. The van der Waals surface area contributed by atoms with Crippen molar-refractivity contribution in [3.8, 4) is 0 Å². The summed E-state index contributed by atoms with van der Waals surface area (Å²) >= 11 is 0. The molecule has 1 aromatic carbocycles. The Labute approximate surface area is 159 Å². The molecular formula is C23H35NO2. The fourth-order valence-electron chi connectivity index (χ4n) is 3.79. The van der Waals surface area contributed by atoms with Gasteiger partial charge in [-0.2, -0.15) is 0 Å². The van der Waals surface area contributed by atoms with Gasteiger partial charge >= 0.3 is 0 Å². The molecular weight excluding hydrogens is 322 g/mol. The maximum absolute atomic E-state index is 13.5. The highest BCUT2D eigenvalue weighted by Crippen LogP contribution is 2.43. The standard InChI is InChI=1S/C23H35NO2/c1-18(2)20(25)17-24(16-19-10-7-6-8-11-19)21(26)23(5)13-9-12-22(3,4)14-15-23/h6-8,10-11,18H,9,12-17H2,1-5H3. The highest BCUT2D eigenvalue weighted by molar-refractivity contribution is 5.89. The summed E-state index contributed by atoms with van der Waals surface area (Å²) in [6.07, 6.45) is 5.12. The Kier molecular flexibility index (Phi) is 6.65. The summed E-state index contributed by atoms with van der Waals surface area (Å²) in [6, 6.07) is 10.00. The lowest BCUT2D eigenvalue weighted by molar-refractivity contribution is -0.145. The Bertz CT molecular complexity index is 620. The van der Waals surface area contributed by atoms with Crippen LogP contribution in [0.2, 0.25) is 0 Å². The third kappa shape index (κ3) is 5.43. The van der Waals surface area contributed by atoms with Crippen molar-refractivity contribution in [2.75, 3.05) is 6.54 Å². The number of rotatable bonds is 6. The first-order chi connectivity index (χ1) is 12.1. The average molecular weight is 358 g/mol. The molecule has 1 atom stereocenters. The Morgan fingerprint density at radius 1 is 1.00 bits per heavy atom. The number of hydrogen-bond acceptors (Lipinski definition) is 2. The van der Waals surface area contributed by atoms with Crippen LogP contribution in [0.15, 0.2) is 30.3 Å². The molecule has 2 rings (SSSR count). The molecule has 0 aromatic heterocycles. The molecule has 3 heteroatoms. The van der Waals surface area contributed by atoms with E-state index in [1.807, 2.05) is 44.2 Å². The predicted octanol–water partition coefficient (Wildman–Crippen LogP) is 5.24. The van der Waals surface area contributed by atoms with E-state index in [4.69, 9.17) is 0 Å². The Morgan fingerprint density at radius 2 is 1.65 bits per heavy atom. The highest BCUT2D eigenvalue weighted by Gasteiger charge is 2.40. The number of Topliss-reactive ketones (excluding diaryl/α,β-unsaturated/α-hetero) is 1. The molecule has 0 bridgehead atoms. The van der Waals surface area contributed by atoms with Crippen molar-refractivity contribution in [2.45, 2.75) is 73.3 Å². The minimum Gasteiger partial charge on any atom is -0.331 e. The van der Waals surface area contributed by atoms with Crippen molar-refractivity contribution >= 4 is 11.7 Å². The zero-order valence-electron chi connectivity index (χ0n) is 17.2. The van der Waals surface area contributed by atoms with Gasteiger partial charge in [0, 0.05) is 17.9 Å². The summed E-state index contributed by atoms with van der Waals surface area (Å²) in [4.78, 5) is 27.7. The second kappa shape index (κ2) is 8.37. The van der Waals surface area contributed by atoms with Gasteiger partial charge in [-0.25, -0.2) is 0 Å². The third-order valence-corrected chi connectivity index (χ3v) is 5.95. The largest absolute Gasteiger partial charge is 0.331 e. The lowest BCUT2D eigenvalue weighted by Gasteiger charge is -2.34. The van der Waals surface area contributed by atoms with Crippen molar-refractivity contribution in [1.29, 1.82) is 0 Å². The summed E-state index contributed by atoms with van der Waals surface area (Å²) < 4.78 is 0. The van der Waals surface area contributed by atoms with Gasteiger partial charge in [0.05, 0.1) is 6.54 Å². The quantitative estimate of drug-likeness (QED) is 0.653. The van der Waals surface area contributed by atoms with E-state index in [1.54, 1.807) is 4.90 Å². The van der Waals surface area contributed by atoms with Crippen molar-refractivity contribution < 1.29 is 9.59 Å². The number of benzene rings is 1. The van der Waals surface area contributed by atoms with Crippen LogP contribution in [0.1, 0.15) is 72.3 Å². The van der Waals surface area contributed by atoms with E-state index in [9.17, 15) is 9.59 Å². The third-order valence-electron chi connectivity index (χ3n) is 5.95. The van der Waals surface area contributed by atoms with E-state index in [-0.39, 0.29) is 29.6 Å². The second-order valence-corrected chi connectivity index (χ2v) is 9.35. The van der Waals surface area contributed by atoms with Crippen LogP contribution < -0.4 is 0 Å². The normalized spacial score (nSPS) is 22.7. The minimum atomic E-state index is -0.361. The number of hydrogen-bond donors (Lipinski definition) is 0. The topological polar surface area (TPSA) is 37.4 Å². The van der Waals surface area contributed by atoms with Gasteiger partial charge in [0.1, 0.15) is 0 Å². The molecule has 1 amide bonds. The molecule has 1 unspecified atom stereocenters. The van der Waals surface area contributed by atoms with Crippen molar-refractivity contribution in [1.82, 2.24) is 4.90 Å². The Balaban J connectivity index is 2.22.